The van der Waals surface area contributed by atoms with E-state index < -0.39 is 0 Å². The van der Waals surface area contributed by atoms with Gasteiger partial charge in [-0.25, -0.2) is 19.3 Å². The molecule has 2 aromatic heterocycles. The van der Waals surface area contributed by atoms with Crippen molar-refractivity contribution in [1.29, 1.82) is 0 Å². The van der Waals surface area contributed by atoms with Crippen LogP contribution in [0.25, 0.3) is 16.9 Å². The van der Waals surface area contributed by atoms with Crippen molar-refractivity contribution in [3.05, 3.63) is 40.7 Å². The number of hydrogen-bond acceptors (Lipinski definition) is 4. The summed E-state index contributed by atoms with van der Waals surface area (Å²) in [5, 5.41) is 4.01. The molecule has 0 radical (unpaired) electrons. The van der Waals surface area contributed by atoms with Crippen LogP contribution in [0, 0.1) is 31.5 Å². The molecule has 0 spiro atoms. The summed E-state index contributed by atoms with van der Waals surface area (Å²) in [6.07, 6.45) is 5.17. The summed E-state index contributed by atoms with van der Waals surface area (Å²) in [5.74, 6) is 3.35. The van der Waals surface area contributed by atoms with E-state index in [1.165, 1.54) is 37.8 Å². The first-order chi connectivity index (χ1) is 13.0. The molecule has 2 heterocycles. The molecule has 1 N–H and O–H groups in total. The molecular formula is C20H21ClFN5. The predicted molar refractivity (Wildman–Crippen MR) is 104 cm³/mol. The lowest BCUT2D eigenvalue weighted by molar-refractivity contribution is 0.566. The van der Waals surface area contributed by atoms with Gasteiger partial charge in [0.15, 0.2) is 17.0 Å². The van der Waals surface area contributed by atoms with Crippen LogP contribution >= 0.6 is 11.6 Å². The molecular weight excluding hydrogens is 365 g/mol. The number of benzene rings is 1. The average molecular weight is 386 g/mol. The van der Waals surface area contributed by atoms with Crippen LogP contribution in [0.5, 0.6) is 0 Å². The molecule has 5 nitrogen and oxygen atoms in total. The second-order valence-electron chi connectivity index (χ2n) is 7.73. The molecule has 2 fully saturated rings. The first-order valence-corrected chi connectivity index (χ1v) is 9.84. The van der Waals surface area contributed by atoms with E-state index in [9.17, 15) is 4.39 Å². The minimum Gasteiger partial charge on any atom is -0.365 e. The maximum Gasteiger partial charge on any atom is 0.170 e. The Morgan fingerprint density at radius 1 is 1.11 bits per heavy atom. The number of aryl methyl sites for hydroxylation is 2. The lowest BCUT2D eigenvalue weighted by Gasteiger charge is -2.18. The molecule has 0 amide bonds. The molecule has 5 rings (SSSR count). The molecule has 0 bridgehead atoms. The van der Waals surface area contributed by atoms with Crippen LogP contribution < -0.4 is 5.32 Å². The smallest absolute Gasteiger partial charge is 0.170 e. The zero-order chi connectivity index (χ0) is 18.7. The number of rotatable bonds is 5. The standard InChI is InChI=1S/C20H21ClFN5/c1-10-23-19(26-17(12-3-4-12)13-5-6-13)18-20(24-10)27(11(2)25-18)16-8-7-14(22)9-15(16)21/h7-9,12-13,17H,3-6H2,1-2H3,(H,23,24,26). The second-order valence-corrected chi connectivity index (χ2v) is 8.13. The first-order valence-electron chi connectivity index (χ1n) is 9.47. The molecule has 0 aliphatic heterocycles. The number of halogens is 2. The van der Waals surface area contributed by atoms with E-state index in [1.807, 2.05) is 18.4 Å². The molecule has 140 valence electrons. The van der Waals surface area contributed by atoms with Crippen LogP contribution in [0.2, 0.25) is 5.02 Å². The summed E-state index contributed by atoms with van der Waals surface area (Å²) in [4.78, 5) is 14.0. The second kappa shape index (κ2) is 6.16. The van der Waals surface area contributed by atoms with E-state index in [0.29, 0.717) is 28.2 Å². The summed E-state index contributed by atoms with van der Waals surface area (Å²) < 4.78 is 15.4. The van der Waals surface area contributed by atoms with Crippen LogP contribution in [-0.2, 0) is 0 Å². The molecule has 27 heavy (non-hydrogen) atoms. The molecule has 0 saturated heterocycles. The van der Waals surface area contributed by atoms with Crippen molar-refractivity contribution in [1.82, 2.24) is 19.5 Å². The van der Waals surface area contributed by atoms with Gasteiger partial charge in [0.1, 0.15) is 17.5 Å². The van der Waals surface area contributed by atoms with E-state index >= 15 is 0 Å². The third-order valence-corrected chi connectivity index (χ3v) is 5.80. The van der Waals surface area contributed by atoms with Crippen molar-refractivity contribution in [2.24, 2.45) is 11.8 Å². The minimum atomic E-state index is -0.365. The van der Waals surface area contributed by atoms with Crippen LogP contribution in [-0.4, -0.2) is 25.6 Å². The first kappa shape index (κ1) is 16.9. The highest BCUT2D eigenvalue weighted by atomic mass is 35.5. The highest BCUT2D eigenvalue weighted by Gasteiger charge is 2.42. The molecule has 2 saturated carbocycles. The predicted octanol–water partition coefficient (Wildman–Crippen LogP) is 4.83. The lowest BCUT2D eigenvalue weighted by Crippen LogP contribution is -2.25. The molecule has 3 aromatic rings. The lowest BCUT2D eigenvalue weighted by atomic mass is 10.1. The monoisotopic (exact) mass is 385 g/mol. The number of fused-ring (bicyclic) bond motifs is 1. The fraction of sp³-hybridized carbons (Fsp3) is 0.450. The summed E-state index contributed by atoms with van der Waals surface area (Å²) in [6.45, 7) is 3.78. The quantitative estimate of drug-likeness (QED) is 0.683. The summed E-state index contributed by atoms with van der Waals surface area (Å²) in [5.41, 5.74) is 2.11. The third-order valence-electron chi connectivity index (χ3n) is 5.50. The Morgan fingerprint density at radius 3 is 2.44 bits per heavy atom. The van der Waals surface area contributed by atoms with Gasteiger partial charge in [-0.2, -0.15) is 0 Å². The van der Waals surface area contributed by atoms with Gasteiger partial charge in [0.05, 0.1) is 10.7 Å². The molecule has 2 aliphatic carbocycles. The molecule has 0 unspecified atom stereocenters. The Bertz CT molecular complexity index is 1030. The Morgan fingerprint density at radius 2 is 1.81 bits per heavy atom. The van der Waals surface area contributed by atoms with Crippen LogP contribution in [0.15, 0.2) is 18.2 Å². The zero-order valence-corrected chi connectivity index (χ0v) is 16.1. The Balaban J connectivity index is 1.64. The molecule has 7 heteroatoms. The maximum absolute atomic E-state index is 13.5. The van der Waals surface area contributed by atoms with Crippen molar-refractivity contribution < 1.29 is 4.39 Å². The topological polar surface area (TPSA) is 55.6 Å². The summed E-state index contributed by atoms with van der Waals surface area (Å²) in [7, 11) is 0. The third kappa shape index (κ3) is 3.06. The van der Waals surface area contributed by atoms with Gasteiger partial charge in [0, 0.05) is 6.04 Å². The highest BCUT2D eigenvalue weighted by molar-refractivity contribution is 6.32. The van der Waals surface area contributed by atoms with Gasteiger partial charge >= 0.3 is 0 Å². The van der Waals surface area contributed by atoms with E-state index in [1.54, 1.807) is 6.07 Å². The highest BCUT2D eigenvalue weighted by Crippen LogP contribution is 2.46. The largest absolute Gasteiger partial charge is 0.365 e. The number of anilines is 1. The number of imidazole rings is 1. The fourth-order valence-corrected chi connectivity index (χ4v) is 4.17. The van der Waals surface area contributed by atoms with Crippen molar-refractivity contribution in [3.8, 4) is 5.69 Å². The Hall–Kier alpha value is -2.21. The van der Waals surface area contributed by atoms with Gasteiger partial charge in [0.25, 0.3) is 0 Å². The Kier molecular flexibility index (Phi) is 3.86. The number of nitrogens with zero attached hydrogens (tertiary/aromatic N) is 4. The number of aromatic nitrogens is 4. The average Bonchev–Trinajstić information content (AvgIpc) is 3.51. The van der Waals surface area contributed by atoms with Gasteiger partial charge in [-0.05, 0) is 69.6 Å². The van der Waals surface area contributed by atoms with E-state index in [4.69, 9.17) is 16.6 Å². The molecule has 2 aliphatic rings. The fourth-order valence-electron chi connectivity index (χ4n) is 3.92. The summed E-state index contributed by atoms with van der Waals surface area (Å²) in [6, 6.07) is 4.84. The van der Waals surface area contributed by atoms with Crippen LogP contribution in [0.3, 0.4) is 0 Å². The molecule has 0 atom stereocenters. The Labute approximate surface area is 162 Å². The van der Waals surface area contributed by atoms with Gasteiger partial charge in [-0.3, -0.25) is 4.57 Å². The van der Waals surface area contributed by atoms with Gasteiger partial charge < -0.3 is 5.32 Å². The number of nitrogens with one attached hydrogen (secondary N) is 1. The van der Waals surface area contributed by atoms with Crippen molar-refractivity contribution in [2.75, 3.05) is 5.32 Å². The SMILES string of the molecule is Cc1nc(NC(C2CC2)C2CC2)c2nc(C)n(-c3ccc(F)cc3Cl)c2n1. The number of hydrogen-bond donors (Lipinski definition) is 1. The van der Waals surface area contributed by atoms with E-state index in [0.717, 1.165) is 29.0 Å². The van der Waals surface area contributed by atoms with E-state index in [-0.39, 0.29) is 5.82 Å². The van der Waals surface area contributed by atoms with Gasteiger partial charge in [0.2, 0.25) is 0 Å². The van der Waals surface area contributed by atoms with Crippen LogP contribution in [0.4, 0.5) is 10.2 Å². The van der Waals surface area contributed by atoms with Crippen molar-refractivity contribution in [2.45, 2.75) is 45.6 Å². The maximum atomic E-state index is 13.5. The zero-order valence-electron chi connectivity index (χ0n) is 15.3. The van der Waals surface area contributed by atoms with Crippen LogP contribution in [0.1, 0.15) is 37.3 Å². The normalized spacial score (nSPS) is 17.1. The van der Waals surface area contributed by atoms with E-state index in [2.05, 4.69) is 15.3 Å². The minimum absolute atomic E-state index is 0.331. The van der Waals surface area contributed by atoms with Crippen molar-refractivity contribution in [3.63, 3.8) is 0 Å². The van der Waals surface area contributed by atoms with Gasteiger partial charge in [-0.1, -0.05) is 11.6 Å². The summed E-state index contributed by atoms with van der Waals surface area (Å²) >= 11 is 6.31. The van der Waals surface area contributed by atoms with Crippen molar-refractivity contribution >= 4 is 28.6 Å². The van der Waals surface area contributed by atoms with Gasteiger partial charge in [-0.15, -0.1) is 0 Å². The molecule has 1 aromatic carbocycles.